The zero-order valence-corrected chi connectivity index (χ0v) is 19.3. The van der Waals surface area contributed by atoms with Gasteiger partial charge in [-0.25, -0.2) is 0 Å². The van der Waals surface area contributed by atoms with Crippen molar-refractivity contribution in [2.75, 3.05) is 12.8 Å². The van der Waals surface area contributed by atoms with Crippen LogP contribution < -0.4 is 0 Å². The summed E-state index contributed by atoms with van der Waals surface area (Å²) in [5, 5.41) is 8.52. The molecule has 1 heterocycles. The summed E-state index contributed by atoms with van der Waals surface area (Å²) < 4.78 is 1.84. The van der Waals surface area contributed by atoms with Crippen LogP contribution in [0.3, 0.4) is 0 Å². The maximum atomic E-state index is 12.5. The monoisotopic (exact) mass is 435 g/mol. The number of hydrogen-bond acceptors (Lipinski definition) is 6. The normalized spacial score (nSPS) is 15.1. The summed E-state index contributed by atoms with van der Waals surface area (Å²) in [7, 11) is 1.95. The van der Waals surface area contributed by atoms with Gasteiger partial charge in [0, 0.05) is 18.8 Å². The molecule has 4 nitrogen and oxygen atoms in total. The van der Waals surface area contributed by atoms with E-state index in [1.807, 2.05) is 11.9 Å². The Balaban J connectivity index is 1.44. The van der Waals surface area contributed by atoms with Crippen molar-refractivity contribution in [1.82, 2.24) is 15.1 Å². The molecule has 0 N–H and O–H groups in total. The Hall–Kier alpha value is -1.05. The zero-order chi connectivity index (χ0) is 19.9. The molecular weight excluding hydrogens is 406 g/mol. The van der Waals surface area contributed by atoms with E-state index in [-0.39, 0.29) is 5.91 Å². The van der Waals surface area contributed by atoms with Crippen LogP contribution in [0.15, 0.2) is 32.9 Å². The molecule has 0 spiro atoms. The highest BCUT2D eigenvalue weighted by molar-refractivity contribution is 8.03. The fourth-order valence-corrected chi connectivity index (χ4v) is 6.25. The predicted octanol–water partition coefficient (Wildman–Crippen LogP) is 5.84. The Morgan fingerprint density at radius 2 is 1.75 bits per heavy atom. The number of aromatic nitrogens is 2. The van der Waals surface area contributed by atoms with Crippen LogP contribution in [0.25, 0.3) is 0 Å². The minimum absolute atomic E-state index is 0.201. The van der Waals surface area contributed by atoms with Crippen LogP contribution in [0.5, 0.6) is 0 Å². The van der Waals surface area contributed by atoms with Crippen LogP contribution in [-0.4, -0.2) is 39.8 Å². The first-order chi connectivity index (χ1) is 13.5. The molecule has 0 aliphatic heterocycles. The van der Waals surface area contributed by atoms with Gasteiger partial charge in [-0.2, -0.15) is 0 Å². The molecule has 1 fully saturated rings. The largest absolute Gasteiger partial charge is 0.342 e. The molecule has 3 rings (SSSR count). The van der Waals surface area contributed by atoms with Gasteiger partial charge in [-0.15, -0.1) is 10.2 Å². The highest BCUT2D eigenvalue weighted by Crippen LogP contribution is 2.31. The molecule has 0 saturated heterocycles. The molecule has 0 radical (unpaired) electrons. The highest BCUT2D eigenvalue weighted by atomic mass is 32.2. The second-order valence-electron chi connectivity index (χ2n) is 7.60. The van der Waals surface area contributed by atoms with E-state index in [4.69, 9.17) is 0 Å². The SMILES string of the molecule is CC(C)c1ccc(CSc2nnc(SCC(=O)N(C)C3CCCCC3)s2)cc1. The lowest BCUT2D eigenvalue weighted by molar-refractivity contribution is -0.129. The van der Waals surface area contributed by atoms with Crippen molar-refractivity contribution < 1.29 is 4.79 Å². The van der Waals surface area contributed by atoms with Crippen LogP contribution in [0.2, 0.25) is 0 Å². The van der Waals surface area contributed by atoms with E-state index in [0.717, 1.165) is 27.3 Å². The summed E-state index contributed by atoms with van der Waals surface area (Å²) in [5.74, 6) is 2.10. The van der Waals surface area contributed by atoms with Crippen molar-refractivity contribution in [2.24, 2.45) is 0 Å². The fourth-order valence-electron chi connectivity index (χ4n) is 3.35. The molecular formula is C21H29N3OS3. The van der Waals surface area contributed by atoms with Crippen molar-refractivity contribution >= 4 is 40.8 Å². The van der Waals surface area contributed by atoms with Gasteiger partial charge >= 0.3 is 0 Å². The Bertz CT molecular complexity index is 755. The van der Waals surface area contributed by atoms with Gasteiger partial charge in [0.2, 0.25) is 5.91 Å². The van der Waals surface area contributed by atoms with E-state index in [1.165, 1.54) is 42.2 Å². The van der Waals surface area contributed by atoms with Crippen molar-refractivity contribution in [3.05, 3.63) is 35.4 Å². The highest BCUT2D eigenvalue weighted by Gasteiger charge is 2.22. The Morgan fingerprint density at radius 1 is 1.11 bits per heavy atom. The van der Waals surface area contributed by atoms with Crippen LogP contribution in [0.1, 0.15) is 63.0 Å². The van der Waals surface area contributed by atoms with Gasteiger partial charge in [-0.3, -0.25) is 4.79 Å². The van der Waals surface area contributed by atoms with Crippen molar-refractivity contribution in [1.29, 1.82) is 0 Å². The number of nitrogens with zero attached hydrogens (tertiary/aromatic N) is 3. The second kappa shape index (κ2) is 10.6. The van der Waals surface area contributed by atoms with Gasteiger partial charge in [-0.05, 0) is 29.9 Å². The topological polar surface area (TPSA) is 46.1 Å². The van der Waals surface area contributed by atoms with Gasteiger partial charge in [0.25, 0.3) is 0 Å². The molecule has 1 amide bonds. The first-order valence-electron chi connectivity index (χ1n) is 9.96. The van der Waals surface area contributed by atoms with E-state index in [0.29, 0.717) is 17.7 Å². The molecule has 7 heteroatoms. The quantitative estimate of drug-likeness (QED) is 0.488. The third kappa shape index (κ3) is 6.22. The molecule has 1 aromatic heterocycles. The lowest BCUT2D eigenvalue weighted by atomic mass is 9.94. The van der Waals surface area contributed by atoms with Crippen molar-refractivity contribution in [2.45, 2.75) is 72.3 Å². The summed E-state index contributed by atoms with van der Waals surface area (Å²) in [5.41, 5.74) is 2.66. The van der Waals surface area contributed by atoms with Crippen molar-refractivity contribution in [3.63, 3.8) is 0 Å². The van der Waals surface area contributed by atoms with Crippen LogP contribution in [0.4, 0.5) is 0 Å². The Kier molecular flexibility index (Phi) is 8.23. The Labute approximate surface area is 180 Å². The summed E-state index contributed by atoms with van der Waals surface area (Å²) >= 11 is 4.80. The molecule has 1 aliphatic rings. The average molecular weight is 436 g/mol. The third-order valence-corrected chi connectivity index (χ3v) is 8.48. The smallest absolute Gasteiger partial charge is 0.233 e. The molecule has 152 valence electrons. The minimum atomic E-state index is 0.201. The van der Waals surface area contributed by atoms with E-state index in [9.17, 15) is 4.79 Å². The third-order valence-electron chi connectivity index (χ3n) is 5.23. The molecule has 28 heavy (non-hydrogen) atoms. The number of benzene rings is 1. The first kappa shape index (κ1) is 21.7. The van der Waals surface area contributed by atoms with Gasteiger partial charge < -0.3 is 4.90 Å². The predicted molar refractivity (Wildman–Crippen MR) is 120 cm³/mol. The lowest BCUT2D eigenvalue weighted by Gasteiger charge is -2.31. The average Bonchev–Trinajstić information content (AvgIpc) is 3.18. The molecule has 0 atom stereocenters. The first-order valence-corrected chi connectivity index (χ1v) is 12.8. The number of carbonyl (C=O) groups excluding carboxylic acids is 1. The zero-order valence-electron chi connectivity index (χ0n) is 16.9. The summed E-state index contributed by atoms with van der Waals surface area (Å²) in [6.07, 6.45) is 6.08. The number of carbonyl (C=O) groups is 1. The van der Waals surface area contributed by atoms with Crippen molar-refractivity contribution in [3.8, 4) is 0 Å². The summed E-state index contributed by atoms with van der Waals surface area (Å²) in [6, 6.07) is 9.22. The maximum Gasteiger partial charge on any atom is 0.233 e. The molecule has 2 aromatic rings. The molecule has 1 saturated carbocycles. The van der Waals surface area contributed by atoms with Gasteiger partial charge in [0.05, 0.1) is 5.75 Å². The summed E-state index contributed by atoms with van der Waals surface area (Å²) in [4.78, 5) is 14.4. The minimum Gasteiger partial charge on any atom is -0.342 e. The number of hydrogen-bond donors (Lipinski definition) is 0. The van der Waals surface area contributed by atoms with Crippen LogP contribution in [-0.2, 0) is 10.5 Å². The van der Waals surface area contributed by atoms with Crippen LogP contribution in [0, 0.1) is 0 Å². The standard InChI is InChI=1S/C21H29N3OS3/c1-15(2)17-11-9-16(10-12-17)13-26-20-22-23-21(28-20)27-14-19(25)24(3)18-7-5-4-6-8-18/h9-12,15,18H,4-8,13-14H2,1-3H3. The Morgan fingerprint density at radius 3 is 2.39 bits per heavy atom. The van der Waals surface area contributed by atoms with Gasteiger partial charge in [0.1, 0.15) is 0 Å². The number of thioether (sulfide) groups is 2. The molecule has 1 aliphatic carbocycles. The second-order valence-corrected chi connectivity index (χ2v) is 11.0. The lowest BCUT2D eigenvalue weighted by Crippen LogP contribution is -2.39. The fraction of sp³-hybridized carbons (Fsp3) is 0.571. The van der Waals surface area contributed by atoms with E-state index < -0.39 is 0 Å². The van der Waals surface area contributed by atoms with Gasteiger partial charge in [-0.1, -0.05) is 92.2 Å². The van der Waals surface area contributed by atoms with E-state index in [1.54, 1.807) is 23.1 Å². The number of rotatable bonds is 8. The van der Waals surface area contributed by atoms with E-state index >= 15 is 0 Å². The summed E-state index contributed by atoms with van der Waals surface area (Å²) in [6.45, 7) is 4.42. The van der Waals surface area contributed by atoms with E-state index in [2.05, 4.69) is 48.3 Å². The van der Waals surface area contributed by atoms with Gasteiger partial charge in [0.15, 0.2) is 8.68 Å². The molecule has 1 aromatic carbocycles. The maximum absolute atomic E-state index is 12.5. The molecule has 0 bridgehead atoms. The van der Waals surface area contributed by atoms with Crippen LogP contribution >= 0.6 is 34.9 Å². The number of amides is 1. The molecule has 0 unspecified atom stereocenters.